The van der Waals surface area contributed by atoms with Crippen molar-refractivity contribution in [2.24, 2.45) is 0 Å². The Bertz CT molecular complexity index is 628. The Balaban J connectivity index is 1.71. The molecule has 0 aromatic heterocycles. The summed E-state index contributed by atoms with van der Waals surface area (Å²) < 4.78 is 19.3. The van der Waals surface area contributed by atoms with Crippen molar-refractivity contribution >= 4 is 11.6 Å². The van der Waals surface area contributed by atoms with E-state index in [2.05, 4.69) is 0 Å². The first-order chi connectivity index (χ1) is 9.75. The van der Waals surface area contributed by atoms with Crippen molar-refractivity contribution in [3.63, 3.8) is 0 Å². The van der Waals surface area contributed by atoms with Crippen molar-refractivity contribution in [2.45, 2.75) is 6.42 Å². The van der Waals surface area contributed by atoms with Gasteiger partial charge in [-0.1, -0.05) is 30.3 Å². The third-order valence-corrected chi connectivity index (χ3v) is 3.35. The molecule has 0 bridgehead atoms. The second-order valence-corrected chi connectivity index (χ2v) is 4.64. The van der Waals surface area contributed by atoms with Gasteiger partial charge in [0.2, 0.25) is 0 Å². The van der Waals surface area contributed by atoms with E-state index in [-0.39, 0.29) is 18.3 Å². The molecule has 1 heterocycles. The third-order valence-electron chi connectivity index (χ3n) is 3.35. The molecule has 102 valence electrons. The fraction of sp³-hybridized carbons (Fsp3) is 0.188. The van der Waals surface area contributed by atoms with Crippen LogP contribution in [0.2, 0.25) is 0 Å². The zero-order valence-electron chi connectivity index (χ0n) is 10.9. The number of fused-ring (bicyclic) bond motifs is 1. The van der Waals surface area contributed by atoms with Gasteiger partial charge in [-0.3, -0.25) is 4.79 Å². The standard InChI is InChI=1S/C16H14FNO2/c17-14-8-4-5-12-9-10-18(16(12)14)15(19)11-20-13-6-2-1-3-7-13/h1-8H,9-11H2. The van der Waals surface area contributed by atoms with E-state index in [1.165, 1.54) is 11.0 Å². The number of carbonyl (C=O) groups excluding carboxylic acids is 1. The SMILES string of the molecule is O=C(COc1ccccc1)N1CCc2cccc(F)c21. The van der Waals surface area contributed by atoms with Gasteiger partial charge in [-0.25, -0.2) is 4.39 Å². The second-order valence-electron chi connectivity index (χ2n) is 4.64. The number of para-hydroxylation sites is 2. The van der Waals surface area contributed by atoms with Crippen LogP contribution in [0.1, 0.15) is 5.56 Å². The molecule has 0 saturated heterocycles. The van der Waals surface area contributed by atoms with Gasteiger partial charge >= 0.3 is 0 Å². The highest BCUT2D eigenvalue weighted by Crippen LogP contribution is 2.30. The second kappa shape index (κ2) is 5.33. The molecule has 0 aliphatic carbocycles. The maximum absolute atomic E-state index is 13.8. The summed E-state index contributed by atoms with van der Waals surface area (Å²) in [5.74, 6) is 0.0552. The lowest BCUT2D eigenvalue weighted by Gasteiger charge is -2.18. The first-order valence-electron chi connectivity index (χ1n) is 6.51. The Labute approximate surface area is 116 Å². The summed E-state index contributed by atoms with van der Waals surface area (Å²) in [7, 11) is 0. The average Bonchev–Trinajstić information content (AvgIpc) is 2.91. The normalized spacial score (nSPS) is 13.2. The van der Waals surface area contributed by atoms with Gasteiger partial charge in [0.15, 0.2) is 6.61 Å². The van der Waals surface area contributed by atoms with Crippen molar-refractivity contribution in [3.8, 4) is 5.75 Å². The molecule has 0 radical (unpaired) electrons. The lowest BCUT2D eigenvalue weighted by atomic mass is 10.1. The summed E-state index contributed by atoms with van der Waals surface area (Å²) in [5.41, 5.74) is 1.27. The summed E-state index contributed by atoms with van der Waals surface area (Å²) in [6.07, 6.45) is 0.685. The minimum absolute atomic E-state index is 0.0855. The van der Waals surface area contributed by atoms with E-state index in [1.807, 2.05) is 24.3 Å². The van der Waals surface area contributed by atoms with Crippen LogP contribution in [0.15, 0.2) is 48.5 Å². The molecule has 3 nitrogen and oxygen atoms in total. The van der Waals surface area contributed by atoms with E-state index in [1.54, 1.807) is 18.2 Å². The molecule has 1 aliphatic heterocycles. The van der Waals surface area contributed by atoms with Gasteiger partial charge in [0.25, 0.3) is 5.91 Å². The molecule has 0 spiro atoms. The van der Waals surface area contributed by atoms with Crippen molar-refractivity contribution in [1.82, 2.24) is 0 Å². The number of nitrogens with zero attached hydrogens (tertiary/aromatic N) is 1. The van der Waals surface area contributed by atoms with Gasteiger partial charge in [-0.15, -0.1) is 0 Å². The maximum Gasteiger partial charge on any atom is 0.265 e. The van der Waals surface area contributed by atoms with Crippen LogP contribution in [0.5, 0.6) is 5.75 Å². The Morgan fingerprint density at radius 3 is 2.75 bits per heavy atom. The van der Waals surface area contributed by atoms with Gasteiger partial charge < -0.3 is 9.64 Å². The summed E-state index contributed by atoms with van der Waals surface area (Å²) in [5, 5.41) is 0. The molecule has 0 saturated carbocycles. The van der Waals surface area contributed by atoms with E-state index < -0.39 is 0 Å². The van der Waals surface area contributed by atoms with E-state index in [4.69, 9.17) is 4.74 Å². The number of hydrogen-bond acceptors (Lipinski definition) is 2. The monoisotopic (exact) mass is 271 g/mol. The Hall–Kier alpha value is -2.36. The van der Waals surface area contributed by atoms with Crippen LogP contribution < -0.4 is 9.64 Å². The number of anilines is 1. The lowest BCUT2D eigenvalue weighted by molar-refractivity contribution is -0.120. The molecular weight excluding hydrogens is 257 g/mol. The number of rotatable bonds is 3. The van der Waals surface area contributed by atoms with Crippen LogP contribution >= 0.6 is 0 Å². The Morgan fingerprint density at radius 2 is 1.95 bits per heavy atom. The predicted octanol–water partition coefficient (Wildman–Crippen LogP) is 2.79. The van der Waals surface area contributed by atoms with Gasteiger partial charge in [0.1, 0.15) is 11.6 Å². The van der Waals surface area contributed by atoms with Gasteiger partial charge in [0, 0.05) is 6.54 Å². The Morgan fingerprint density at radius 1 is 1.15 bits per heavy atom. The highest BCUT2D eigenvalue weighted by atomic mass is 19.1. The zero-order valence-corrected chi connectivity index (χ0v) is 10.9. The highest BCUT2D eigenvalue weighted by Gasteiger charge is 2.27. The van der Waals surface area contributed by atoms with Crippen LogP contribution in [0.3, 0.4) is 0 Å². The average molecular weight is 271 g/mol. The summed E-state index contributed by atoms with van der Waals surface area (Å²) in [4.78, 5) is 13.6. The van der Waals surface area contributed by atoms with Crippen LogP contribution in [-0.4, -0.2) is 19.1 Å². The van der Waals surface area contributed by atoms with Crippen LogP contribution in [-0.2, 0) is 11.2 Å². The molecule has 0 atom stereocenters. The van der Waals surface area contributed by atoms with Crippen LogP contribution in [0, 0.1) is 5.82 Å². The molecule has 2 aromatic rings. The van der Waals surface area contributed by atoms with Gasteiger partial charge in [0.05, 0.1) is 5.69 Å². The largest absolute Gasteiger partial charge is 0.484 e. The Kier molecular flexibility index (Phi) is 3.37. The number of carbonyl (C=O) groups is 1. The topological polar surface area (TPSA) is 29.5 Å². The molecule has 1 amide bonds. The number of benzene rings is 2. The van der Waals surface area contributed by atoms with Crippen molar-refractivity contribution in [3.05, 3.63) is 59.9 Å². The third kappa shape index (κ3) is 2.37. The van der Waals surface area contributed by atoms with Crippen LogP contribution in [0.25, 0.3) is 0 Å². The van der Waals surface area contributed by atoms with Crippen LogP contribution in [0.4, 0.5) is 10.1 Å². The lowest BCUT2D eigenvalue weighted by Crippen LogP contribution is -2.33. The zero-order chi connectivity index (χ0) is 13.9. The molecule has 3 rings (SSSR count). The summed E-state index contributed by atoms with van der Waals surface area (Å²) >= 11 is 0. The number of hydrogen-bond donors (Lipinski definition) is 0. The minimum Gasteiger partial charge on any atom is -0.484 e. The number of ether oxygens (including phenoxy) is 1. The highest BCUT2D eigenvalue weighted by molar-refractivity contribution is 5.96. The molecule has 2 aromatic carbocycles. The quantitative estimate of drug-likeness (QED) is 0.859. The molecule has 0 fully saturated rings. The molecular formula is C16H14FNO2. The van der Waals surface area contributed by atoms with Gasteiger partial charge in [-0.05, 0) is 30.2 Å². The van der Waals surface area contributed by atoms with Crippen molar-refractivity contribution in [1.29, 1.82) is 0 Å². The summed E-state index contributed by atoms with van der Waals surface area (Å²) in [6.45, 7) is 0.422. The minimum atomic E-state index is -0.354. The van der Waals surface area contributed by atoms with E-state index in [0.29, 0.717) is 24.4 Å². The molecule has 4 heteroatoms. The maximum atomic E-state index is 13.8. The fourth-order valence-electron chi connectivity index (χ4n) is 2.40. The van der Waals surface area contributed by atoms with Crippen molar-refractivity contribution in [2.75, 3.05) is 18.1 Å². The number of amides is 1. The molecule has 0 unspecified atom stereocenters. The first-order valence-corrected chi connectivity index (χ1v) is 6.51. The van der Waals surface area contributed by atoms with E-state index >= 15 is 0 Å². The van der Waals surface area contributed by atoms with E-state index in [0.717, 1.165) is 5.56 Å². The molecule has 0 N–H and O–H groups in total. The number of halogens is 1. The van der Waals surface area contributed by atoms with E-state index in [9.17, 15) is 9.18 Å². The smallest absolute Gasteiger partial charge is 0.265 e. The van der Waals surface area contributed by atoms with Crippen molar-refractivity contribution < 1.29 is 13.9 Å². The predicted molar refractivity (Wildman–Crippen MR) is 74.4 cm³/mol. The fourth-order valence-corrected chi connectivity index (χ4v) is 2.40. The molecule has 1 aliphatic rings. The first kappa shape index (κ1) is 12.7. The van der Waals surface area contributed by atoms with Gasteiger partial charge in [-0.2, -0.15) is 0 Å². The summed E-state index contributed by atoms with van der Waals surface area (Å²) in [6, 6.07) is 14.0. The molecule has 20 heavy (non-hydrogen) atoms.